The topological polar surface area (TPSA) is 223 Å². The highest BCUT2D eigenvalue weighted by Crippen LogP contribution is 2.36. The molecule has 5 aromatic carbocycles. The summed E-state index contributed by atoms with van der Waals surface area (Å²) in [5.74, 6) is 2.11. The Morgan fingerprint density at radius 1 is 0.492 bits per heavy atom. The van der Waals surface area contributed by atoms with Gasteiger partial charge in [0.25, 0.3) is 23.6 Å². The first kappa shape index (κ1) is 41.4. The van der Waals surface area contributed by atoms with E-state index >= 15 is 0 Å². The zero-order valence-corrected chi connectivity index (χ0v) is 31.9. The molecule has 8 rings (SSSR count). The fourth-order valence-electron chi connectivity index (χ4n) is 6.31. The lowest BCUT2D eigenvalue weighted by molar-refractivity contribution is 0.0441. The largest absolute Gasteiger partial charge is 0.465 e. The molecule has 15 heteroatoms. The normalized spacial score (nSPS) is 12.9. The fourth-order valence-corrected chi connectivity index (χ4v) is 6.31. The van der Waals surface area contributed by atoms with Crippen LogP contribution in [0.4, 0.5) is 22.7 Å². The second-order valence-electron chi connectivity index (χ2n) is 12.9. The number of imide groups is 2. The number of carbonyl (C=O) groups is 8. The van der Waals surface area contributed by atoms with E-state index in [9.17, 15) is 38.4 Å². The summed E-state index contributed by atoms with van der Waals surface area (Å²) in [5, 5.41) is 0. The van der Waals surface area contributed by atoms with E-state index in [0.29, 0.717) is 33.6 Å². The molecular weight excluding hydrogens is 785 g/mol. The first-order valence-corrected chi connectivity index (χ1v) is 17.5. The number of hydrogen-bond donors (Lipinski definition) is 2. The lowest BCUT2D eigenvalue weighted by Crippen LogP contribution is -2.32. The molecule has 3 heterocycles. The van der Waals surface area contributed by atoms with Gasteiger partial charge in [-0.05, 0) is 91.0 Å². The fraction of sp³-hybridized carbons (Fsp3) is 0.0435. The van der Waals surface area contributed by atoms with E-state index < -0.39 is 47.5 Å². The number of anilines is 4. The Balaban J connectivity index is 0.000000201. The quantitative estimate of drug-likeness (QED) is 0.0631. The molecule has 61 heavy (non-hydrogen) atoms. The number of fused-ring (bicyclic) bond motifs is 3. The van der Waals surface area contributed by atoms with Gasteiger partial charge in [-0.25, -0.2) is 29.0 Å². The van der Waals surface area contributed by atoms with Crippen molar-refractivity contribution in [3.63, 3.8) is 0 Å². The van der Waals surface area contributed by atoms with E-state index in [-0.39, 0.29) is 50.3 Å². The molecule has 0 fully saturated rings. The van der Waals surface area contributed by atoms with Gasteiger partial charge in [0.1, 0.15) is 0 Å². The van der Waals surface area contributed by atoms with Crippen LogP contribution >= 0.6 is 0 Å². The minimum atomic E-state index is -0.796. The smallest absolute Gasteiger partial charge is 0.346 e. The molecule has 0 radical (unpaired) electrons. The Kier molecular flexibility index (Phi) is 11.3. The molecule has 0 aromatic heterocycles. The van der Waals surface area contributed by atoms with Crippen LogP contribution < -0.4 is 21.3 Å². The van der Waals surface area contributed by atoms with Crippen LogP contribution in [0.2, 0.25) is 0 Å². The van der Waals surface area contributed by atoms with Gasteiger partial charge in [-0.2, -0.15) is 0 Å². The maximum Gasteiger partial charge on any atom is 0.346 e. The molecule has 15 nitrogen and oxygen atoms in total. The Morgan fingerprint density at radius 3 is 1.26 bits per heavy atom. The van der Waals surface area contributed by atoms with Crippen LogP contribution in [0.3, 0.4) is 0 Å². The first-order chi connectivity index (χ1) is 29.1. The van der Waals surface area contributed by atoms with Gasteiger partial charge in [-0.1, -0.05) is 17.8 Å². The first-order valence-electron chi connectivity index (χ1n) is 17.5. The molecule has 3 aliphatic rings. The zero-order valence-electron chi connectivity index (χ0n) is 31.9. The standard InChI is InChI=1S/C28H14N2O6.C10H4O3.C8H10N2O2/c1-4-15-6-8-20-22(10-15)26(33)29(24(20)31)18-12-17(28(35)36-3)13-19(14-18)30-25(32)21-9-7-16(5-2)11-23(21)27(30)34;1-2-6-3-4-7-8(5-6)10(12)13-9(7)11;1-12-8(11)5-2-6(9)4-7(10)3-5/h1-2,6-14H,3H3;1,3-5H;2-4H,9-10H2,1H3. The number of nitrogen functional groups attached to an aromatic ring is 2. The highest BCUT2D eigenvalue weighted by atomic mass is 16.6. The van der Waals surface area contributed by atoms with Gasteiger partial charge >= 0.3 is 23.9 Å². The number of benzene rings is 5. The minimum absolute atomic E-state index is 0.0257. The van der Waals surface area contributed by atoms with Gasteiger partial charge in [0.15, 0.2) is 0 Å². The van der Waals surface area contributed by atoms with Crippen LogP contribution in [0.15, 0.2) is 91.0 Å². The van der Waals surface area contributed by atoms with Crippen LogP contribution in [0.25, 0.3) is 0 Å². The van der Waals surface area contributed by atoms with Crippen LogP contribution in [-0.4, -0.2) is 61.7 Å². The summed E-state index contributed by atoms with van der Waals surface area (Å²) in [7, 11) is 2.46. The molecule has 0 bridgehead atoms. The van der Waals surface area contributed by atoms with Gasteiger partial charge in [-0.3, -0.25) is 19.2 Å². The summed E-state index contributed by atoms with van der Waals surface area (Å²) in [6.07, 6.45) is 16.0. The molecule has 4 amide bonds. The summed E-state index contributed by atoms with van der Waals surface area (Å²) >= 11 is 0. The average Bonchev–Trinajstić information content (AvgIpc) is 3.80. The van der Waals surface area contributed by atoms with Crippen molar-refractivity contribution in [2.75, 3.05) is 35.5 Å². The van der Waals surface area contributed by atoms with E-state index in [0.717, 1.165) is 16.9 Å². The van der Waals surface area contributed by atoms with E-state index in [1.807, 2.05) is 0 Å². The predicted octanol–water partition coefficient (Wildman–Crippen LogP) is 4.65. The Morgan fingerprint density at radius 2 is 0.852 bits per heavy atom. The third kappa shape index (κ3) is 7.87. The van der Waals surface area contributed by atoms with Crippen molar-refractivity contribution in [3.05, 3.63) is 152 Å². The van der Waals surface area contributed by atoms with Crippen LogP contribution in [-0.2, 0) is 14.2 Å². The molecule has 0 saturated heterocycles. The predicted molar refractivity (Wildman–Crippen MR) is 220 cm³/mol. The van der Waals surface area contributed by atoms with Crippen molar-refractivity contribution < 1.29 is 52.6 Å². The second kappa shape index (κ2) is 16.7. The number of methoxy groups -OCH3 is 2. The van der Waals surface area contributed by atoms with Crippen LogP contribution in [0.1, 0.15) is 99.6 Å². The van der Waals surface area contributed by atoms with Gasteiger partial charge in [-0.15, -0.1) is 19.3 Å². The lowest BCUT2D eigenvalue weighted by atomic mass is 10.1. The van der Waals surface area contributed by atoms with Crippen LogP contribution in [0.5, 0.6) is 0 Å². The number of amides is 4. The zero-order chi connectivity index (χ0) is 44.3. The number of ether oxygens (including phenoxy) is 3. The summed E-state index contributed by atoms with van der Waals surface area (Å²) in [4.78, 5) is 99.8. The number of hydrogen-bond acceptors (Lipinski definition) is 13. The van der Waals surface area contributed by atoms with Crippen molar-refractivity contribution in [1.82, 2.24) is 0 Å². The monoisotopic (exact) mass is 812 g/mol. The van der Waals surface area contributed by atoms with E-state index in [1.165, 1.54) is 86.0 Å². The molecule has 4 N–H and O–H groups in total. The van der Waals surface area contributed by atoms with Gasteiger partial charge < -0.3 is 25.7 Å². The maximum absolute atomic E-state index is 13.2. The average molecular weight is 813 g/mol. The number of nitrogens with zero attached hydrogens (tertiary/aromatic N) is 2. The Bertz CT molecular complexity index is 2810. The van der Waals surface area contributed by atoms with Crippen molar-refractivity contribution in [3.8, 4) is 37.0 Å². The SMILES string of the molecule is C#Cc1ccc2c(c1)C(=O)N(c1cc(C(=O)OC)cc(N3C(=O)c4ccc(C#C)cc4C3=O)c1)C2=O.C#Cc1ccc2c(c1)C(=O)OC2=O.COC(=O)c1cc(N)cc(N)c1. The van der Waals surface area contributed by atoms with E-state index in [4.69, 9.17) is 35.5 Å². The highest BCUT2D eigenvalue weighted by Gasteiger charge is 2.40. The Labute approximate surface area is 346 Å². The van der Waals surface area contributed by atoms with Crippen molar-refractivity contribution in [1.29, 1.82) is 0 Å². The molecule has 0 saturated carbocycles. The lowest BCUT2D eigenvalue weighted by Gasteiger charge is -2.20. The number of carbonyl (C=O) groups excluding carboxylic acids is 8. The third-order valence-electron chi connectivity index (χ3n) is 9.16. The molecule has 298 valence electrons. The number of cyclic esters (lactones) is 2. The van der Waals surface area contributed by atoms with E-state index in [1.54, 1.807) is 12.1 Å². The Hall–Kier alpha value is -9.26. The molecule has 3 aliphatic heterocycles. The number of rotatable bonds is 4. The molecule has 0 atom stereocenters. The second-order valence-corrected chi connectivity index (χ2v) is 12.9. The van der Waals surface area contributed by atoms with Gasteiger partial charge in [0.2, 0.25) is 0 Å². The summed E-state index contributed by atoms with van der Waals surface area (Å²) in [6, 6.07) is 21.8. The molecule has 0 aliphatic carbocycles. The minimum Gasteiger partial charge on any atom is -0.465 e. The number of nitrogens with two attached hydrogens (primary N) is 2. The van der Waals surface area contributed by atoms with E-state index in [2.05, 4.69) is 27.2 Å². The third-order valence-corrected chi connectivity index (χ3v) is 9.16. The summed E-state index contributed by atoms with van der Waals surface area (Å²) < 4.78 is 13.7. The summed E-state index contributed by atoms with van der Waals surface area (Å²) in [6.45, 7) is 0. The number of terminal acetylenes is 3. The van der Waals surface area contributed by atoms with Crippen molar-refractivity contribution in [2.24, 2.45) is 0 Å². The number of esters is 4. The van der Waals surface area contributed by atoms with Crippen molar-refractivity contribution in [2.45, 2.75) is 0 Å². The molecule has 5 aromatic rings. The molecular formula is C46H28N4O11. The molecule has 0 spiro atoms. The van der Waals surface area contributed by atoms with Crippen LogP contribution in [0, 0.1) is 37.0 Å². The molecule has 0 unspecified atom stereocenters. The van der Waals surface area contributed by atoms with Crippen molar-refractivity contribution >= 4 is 70.3 Å². The highest BCUT2D eigenvalue weighted by molar-refractivity contribution is 6.36. The summed E-state index contributed by atoms with van der Waals surface area (Å²) in [5.41, 5.74) is 14.5. The van der Waals surface area contributed by atoms with Gasteiger partial charge in [0, 0.05) is 28.1 Å². The maximum atomic E-state index is 13.2. The van der Waals surface area contributed by atoms with Gasteiger partial charge in [0.05, 0.1) is 70.1 Å².